The number of halogens is 1. The summed E-state index contributed by atoms with van der Waals surface area (Å²) in [4.78, 5) is 1.26. The van der Waals surface area contributed by atoms with E-state index in [1.54, 1.807) is 23.1 Å². The van der Waals surface area contributed by atoms with Crippen LogP contribution in [0.5, 0.6) is 0 Å². The molecule has 0 bridgehead atoms. The summed E-state index contributed by atoms with van der Waals surface area (Å²) in [6, 6.07) is 5.72. The Morgan fingerprint density at radius 1 is 1.48 bits per heavy atom. The van der Waals surface area contributed by atoms with Crippen LogP contribution in [0.1, 0.15) is 24.8 Å². The van der Waals surface area contributed by atoms with Crippen molar-refractivity contribution in [3.8, 4) is 0 Å². The molecule has 0 radical (unpaired) electrons. The molecule has 1 aromatic carbocycles. The van der Waals surface area contributed by atoms with Gasteiger partial charge in [0.15, 0.2) is 6.54 Å². The lowest BCUT2D eigenvalue weighted by atomic mass is 10.3. The van der Waals surface area contributed by atoms with Crippen LogP contribution in [0.3, 0.4) is 0 Å². The summed E-state index contributed by atoms with van der Waals surface area (Å²) < 4.78 is 34.0. The average molecular weight is 393 g/mol. The summed E-state index contributed by atoms with van der Waals surface area (Å²) in [6.07, 6.45) is 5.48. The molecule has 4 nitrogen and oxygen atoms in total. The van der Waals surface area contributed by atoms with Crippen LogP contribution in [-0.4, -0.2) is 25.0 Å². The molecular formula is C15H19ClNO3S3+. The molecule has 2 aromatic rings. The number of hydrogen-bond donors (Lipinski definition) is 1. The first-order valence-electron chi connectivity index (χ1n) is 7.15. The third-order valence-electron chi connectivity index (χ3n) is 3.37. The first-order valence-corrected chi connectivity index (χ1v) is 11.2. The standard InChI is InChI=1S/C15H18ClNO3S3/c1-3-12(21-2)10-15-17(7-4-8-23(18,19)20)13-9-11(16)5-6-14(13)22-15/h5-6,9-10H,3-4,7-8H2,1-2H3/p+1. The monoisotopic (exact) mass is 392 g/mol. The fourth-order valence-electron chi connectivity index (χ4n) is 2.26. The SMILES string of the molecule is CCC(=Cc1sc2ccc(Cl)cc2[n+]1CCCS(=O)(=O)O)SC. The fraction of sp³-hybridized carbons (Fsp3) is 0.400. The van der Waals surface area contributed by atoms with E-state index >= 15 is 0 Å². The Morgan fingerprint density at radius 3 is 2.83 bits per heavy atom. The molecule has 0 fully saturated rings. The predicted molar refractivity (Wildman–Crippen MR) is 99.8 cm³/mol. The highest BCUT2D eigenvalue weighted by Crippen LogP contribution is 2.27. The molecule has 126 valence electrons. The molecule has 0 saturated carbocycles. The molecular weight excluding hydrogens is 374 g/mol. The molecule has 0 saturated heterocycles. The number of fused-ring (bicyclic) bond motifs is 1. The lowest BCUT2D eigenvalue weighted by molar-refractivity contribution is -0.668. The third-order valence-corrected chi connectivity index (χ3v) is 6.45. The molecule has 0 aliphatic carbocycles. The first kappa shape index (κ1) is 18.7. The molecule has 1 N–H and O–H groups in total. The van der Waals surface area contributed by atoms with E-state index in [0.29, 0.717) is 18.0 Å². The van der Waals surface area contributed by atoms with Crippen molar-refractivity contribution in [3.05, 3.63) is 33.1 Å². The Morgan fingerprint density at radius 2 is 2.22 bits per heavy atom. The van der Waals surface area contributed by atoms with E-state index in [-0.39, 0.29) is 5.75 Å². The molecule has 2 rings (SSSR count). The molecule has 1 aromatic heterocycles. The largest absolute Gasteiger partial charge is 0.286 e. The number of aromatic nitrogens is 1. The molecule has 0 aliphatic heterocycles. The number of benzene rings is 1. The molecule has 0 unspecified atom stereocenters. The van der Waals surface area contributed by atoms with Crippen molar-refractivity contribution >= 4 is 61.1 Å². The molecule has 0 aliphatic rings. The Bertz CT molecular complexity index is 822. The van der Waals surface area contributed by atoms with E-state index in [1.165, 1.54) is 4.91 Å². The summed E-state index contributed by atoms with van der Waals surface area (Å²) in [6.45, 7) is 2.62. The van der Waals surface area contributed by atoms with Crippen molar-refractivity contribution in [2.24, 2.45) is 0 Å². The Kier molecular flexibility index (Phi) is 6.50. The zero-order valence-corrected chi connectivity index (χ0v) is 16.2. The summed E-state index contributed by atoms with van der Waals surface area (Å²) in [5.74, 6) is -0.246. The number of thiazole rings is 1. The van der Waals surface area contributed by atoms with Crippen molar-refractivity contribution in [2.45, 2.75) is 26.3 Å². The molecule has 0 atom stereocenters. The van der Waals surface area contributed by atoms with E-state index in [0.717, 1.165) is 21.6 Å². The van der Waals surface area contributed by atoms with Crippen LogP contribution in [0.25, 0.3) is 16.3 Å². The Labute approximate surface area is 149 Å². The minimum Gasteiger partial charge on any atom is -0.286 e. The van der Waals surface area contributed by atoms with Gasteiger partial charge in [-0.05, 0) is 29.7 Å². The van der Waals surface area contributed by atoms with E-state index in [2.05, 4.69) is 17.6 Å². The fourth-order valence-corrected chi connectivity index (χ4v) is 4.65. The summed E-state index contributed by atoms with van der Waals surface area (Å²) in [5.41, 5.74) is 0.987. The van der Waals surface area contributed by atoms with E-state index in [4.69, 9.17) is 16.2 Å². The van der Waals surface area contributed by atoms with Crippen LogP contribution < -0.4 is 4.57 Å². The zero-order chi connectivity index (χ0) is 17.0. The Hall–Kier alpha value is -0.600. The normalized spacial score (nSPS) is 13.0. The van der Waals surface area contributed by atoms with Crippen molar-refractivity contribution in [1.29, 1.82) is 0 Å². The molecule has 1 heterocycles. The summed E-state index contributed by atoms with van der Waals surface area (Å²) in [7, 11) is -3.94. The van der Waals surface area contributed by atoms with Crippen molar-refractivity contribution in [3.63, 3.8) is 0 Å². The minimum absolute atomic E-state index is 0.246. The second-order valence-corrected chi connectivity index (χ2v) is 9.02. The van der Waals surface area contributed by atoms with Crippen molar-refractivity contribution in [1.82, 2.24) is 0 Å². The maximum atomic E-state index is 10.9. The van der Waals surface area contributed by atoms with Gasteiger partial charge in [-0.2, -0.15) is 13.0 Å². The van der Waals surface area contributed by atoms with Gasteiger partial charge in [0, 0.05) is 23.6 Å². The van der Waals surface area contributed by atoms with Gasteiger partial charge in [-0.25, -0.2) is 0 Å². The van der Waals surface area contributed by atoms with E-state index < -0.39 is 10.1 Å². The van der Waals surface area contributed by atoms with Gasteiger partial charge < -0.3 is 0 Å². The number of nitrogens with zero attached hydrogens (tertiary/aromatic N) is 1. The third kappa shape index (κ3) is 5.19. The first-order chi connectivity index (χ1) is 10.8. The van der Waals surface area contributed by atoms with E-state index in [9.17, 15) is 8.42 Å². The number of hydrogen-bond acceptors (Lipinski definition) is 4. The van der Waals surface area contributed by atoms with Crippen molar-refractivity contribution < 1.29 is 17.5 Å². The van der Waals surface area contributed by atoms with Gasteiger partial charge in [0.05, 0.1) is 5.75 Å². The quantitative estimate of drug-likeness (QED) is 0.565. The highest BCUT2D eigenvalue weighted by Gasteiger charge is 2.20. The number of allylic oxidation sites excluding steroid dienone is 1. The maximum absolute atomic E-state index is 10.9. The zero-order valence-electron chi connectivity index (χ0n) is 13.0. The topological polar surface area (TPSA) is 58.2 Å². The van der Waals surface area contributed by atoms with Crippen molar-refractivity contribution in [2.75, 3.05) is 12.0 Å². The van der Waals surface area contributed by atoms with Gasteiger partial charge in [-0.3, -0.25) is 4.55 Å². The maximum Gasteiger partial charge on any atom is 0.265 e. The number of aryl methyl sites for hydroxylation is 1. The lowest BCUT2D eigenvalue weighted by Gasteiger charge is -2.00. The van der Waals surface area contributed by atoms with Crippen LogP contribution in [0.15, 0.2) is 23.1 Å². The molecule has 8 heteroatoms. The molecule has 23 heavy (non-hydrogen) atoms. The smallest absolute Gasteiger partial charge is 0.265 e. The van der Waals surface area contributed by atoms with Gasteiger partial charge in [-0.1, -0.05) is 29.9 Å². The summed E-state index contributed by atoms with van der Waals surface area (Å²) >= 11 is 9.46. The molecule has 0 spiro atoms. The van der Waals surface area contributed by atoms with Gasteiger partial charge in [0.2, 0.25) is 5.52 Å². The molecule has 0 amide bonds. The highest BCUT2D eigenvalue weighted by atomic mass is 35.5. The van der Waals surface area contributed by atoms with Gasteiger partial charge in [0.1, 0.15) is 4.70 Å². The van der Waals surface area contributed by atoms with Crippen LogP contribution in [0.4, 0.5) is 0 Å². The van der Waals surface area contributed by atoms with Gasteiger partial charge in [0.25, 0.3) is 15.1 Å². The number of rotatable bonds is 7. The van der Waals surface area contributed by atoms with Gasteiger partial charge in [-0.15, -0.1) is 11.8 Å². The average Bonchev–Trinajstić information content (AvgIpc) is 2.81. The predicted octanol–water partition coefficient (Wildman–Crippen LogP) is 4.23. The lowest BCUT2D eigenvalue weighted by Crippen LogP contribution is -2.36. The summed E-state index contributed by atoms with van der Waals surface area (Å²) in [5, 5.41) is 1.71. The van der Waals surface area contributed by atoms with Crippen LogP contribution >= 0.6 is 34.7 Å². The van der Waals surface area contributed by atoms with Gasteiger partial charge >= 0.3 is 0 Å². The second kappa shape index (κ2) is 7.98. The van der Waals surface area contributed by atoms with Crippen LogP contribution in [0.2, 0.25) is 5.02 Å². The van der Waals surface area contributed by atoms with Crippen LogP contribution in [-0.2, 0) is 16.7 Å². The minimum atomic E-state index is -3.94. The van der Waals surface area contributed by atoms with E-state index in [1.807, 2.05) is 24.5 Å². The number of thioether (sulfide) groups is 1. The van der Waals surface area contributed by atoms with Crippen LogP contribution in [0, 0.1) is 0 Å². The Balaban J connectivity index is 2.44. The highest BCUT2D eigenvalue weighted by molar-refractivity contribution is 8.02. The second-order valence-electron chi connectivity index (χ2n) is 5.01.